The predicted molar refractivity (Wildman–Crippen MR) is 107 cm³/mol. The molecule has 1 aromatic heterocycles. The summed E-state index contributed by atoms with van der Waals surface area (Å²) in [5.74, 6) is -0.0950. The number of hydrogen-bond acceptors (Lipinski definition) is 5. The second-order valence-corrected chi connectivity index (χ2v) is 6.82. The number of nitrogens with one attached hydrogen (secondary N) is 2. The zero-order valence-corrected chi connectivity index (χ0v) is 16.1. The number of anilines is 1. The number of amides is 2. The van der Waals surface area contributed by atoms with E-state index in [9.17, 15) is 9.59 Å². The molecule has 28 heavy (non-hydrogen) atoms. The molecule has 0 bridgehead atoms. The Morgan fingerprint density at radius 3 is 2.75 bits per heavy atom. The van der Waals surface area contributed by atoms with Gasteiger partial charge in [-0.1, -0.05) is 6.92 Å². The summed E-state index contributed by atoms with van der Waals surface area (Å²) in [6.45, 7) is 5.13. The number of carbonyl (C=O) groups is 2. The molecule has 0 aliphatic heterocycles. The molecule has 0 radical (unpaired) electrons. The lowest BCUT2D eigenvalue weighted by Crippen LogP contribution is -2.55. The Balaban J connectivity index is 1.59. The van der Waals surface area contributed by atoms with E-state index >= 15 is 0 Å². The van der Waals surface area contributed by atoms with E-state index in [1.54, 1.807) is 12.3 Å². The second-order valence-electron chi connectivity index (χ2n) is 6.82. The van der Waals surface area contributed by atoms with Crippen molar-refractivity contribution in [1.82, 2.24) is 15.2 Å². The molecule has 0 atom stereocenters. The van der Waals surface area contributed by atoms with Gasteiger partial charge in [-0.15, -0.1) is 0 Å². The van der Waals surface area contributed by atoms with Crippen LogP contribution >= 0.6 is 0 Å². The molecule has 0 saturated heterocycles. The number of hydrogen-bond donors (Lipinski definition) is 3. The standard InChI is InChI=1S/C20H26N4O4/c1-3-24(12-18(25)26)14-10-13(11-14)22-20(27)23-16-7-8-17(28-4-2)15-6-5-9-21-19(15)16/h5-9,13-14H,3-4,10-12H2,1-2H3,(H,25,26)(H2,22,23,27). The first-order valence-corrected chi connectivity index (χ1v) is 9.55. The van der Waals surface area contributed by atoms with E-state index in [-0.39, 0.29) is 24.7 Å². The molecule has 8 heteroatoms. The second kappa shape index (κ2) is 8.88. The summed E-state index contributed by atoms with van der Waals surface area (Å²) in [6.07, 6.45) is 3.17. The normalized spacial score (nSPS) is 18.5. The average Bonchev–Trinajstić information content (AvgIpc) is 2.64. The molecule has 8 nitrogen and oxygen atoms in total. The van der Waals surface area contributed by atoms with E-state index < -0.39 is 5.97 Å². The fourth-order valence-electron chi connectivity index (χ4n) is 3.55. The van der Waals surface area contributed by atoms with Gasteiger partial charge >= 0.3 is 12.0 Å². The summed E-state index contributed by atoms with van der Waals surface area (Å²) in [6, 6.07) is 7.30. The monoisotopic (exact) mass is 386 g/mol. The van der Waals surface area contributed by atoms with Gasteiger partial charge in [0.2, 0.25) is 0 Å². The maximum Gasteiger partial charge on any atom is 0.319 e. The summed E-state index contributed by atoms with van der Waals surface area (Å²) in [5, 5.41) is 15.6. The van der Waals surface area contributed by atoms with Crippen molar-refractivity contribution in [3.63, 3.8) is 0 Å². The number of aromatic nitrogens is 1. The molecule has 1 aliphatic carbocycles. The molecule has 2 aromatic rings. The number of ether oxygens (including phenoxy) is 1. The molecule has 0 unspecified atom stereocenters. The lowest BCUT2D eigenvalue weighted by Gasteiger charge is -2.42. The summed E-state index contributed by atoms with van der Waals surface area (Å²) in [5.41, 5.74) is 1.29. The molecule has 1 fully saturated rings. The molecular weight excluding hydrogens is 360 g/mol. The van der Waals surface area contributed by atoms with Crippen LogP contribution in [0.5, 0.6) is 5.75 Å². The fourth-order valence-corrected chi connectivity index (χ4v) is 3.55. The molecule has 1 saturated carbocycles. The zero-order chi connectivity index (χ0) is 20.1. The Morgan fingerprint density at radius 2 is 2.07 bits per heavy atom. The SMILES string of the molecule is CCOc1ccc(NC(=O)NC2CC(N(CC)CC(=O)O)C2)c2ncccc12. The van der Waals surface area contributed by atoms with Crippen molar-refractivity contribution < 1.29 is 19.4 Å². The van der Waals surface area contributed by atoms with Crippen LogP contribution in [0.2, 0.25) is 0 Å². The molecule has 1 aliphatic rings. The molecule has 1 aromatic carbocycles. The third-order valence-corrected chi connectivity index (χ3v) is 4.99. The Labute approximate surface area is 163 Å². The fraction of sp³-hybridized carbons (Fsp3) is 0.450. The summed E-state index contributed by atoms with van der Waals surface area (Å²) in [7, 11) is 0. The third kappa shape index (κ3) is 4.51. The van der Waals surface area contributed by atoms with Crippen LogP contribution < -0.4 is 15.4 Å². The van der Waals surface area contributed by atoms with Crippen LogP contribution in [-0.2, 0) is 4.79 Å². The van der Waals surface area contributed by atoms with Gasteiger partial charge in [0.1, 0.15) is 5.75 Å². The number of carboxylic acid groups (broad SMARTS) is 1. The van der Waals surface area contributed by atoms with Gasteiger partial charge in [-0.05, 0) is 50.6 Å². The van der Waals surface area contributed by atoms with Crippen LogP contribution in [0, 0.1) is 0 Å². The molecule has 0 spiro atoms. The van der Waals surface area contributed by atoms with Crippen LogP contribution in [0.25, 0.3) is 10.9 Å². The number of aliphatic carboxylic acids is 1. The first-order valence-electron chi connectivity index (χ1n) is 9.55. The van der Waals surface area contributed by atoms with Gasteiger partial charge in [0.25, 0.3) is 0 Å². The molecule has 150 valence electrons. The summed E-state index contributed by atoms with van der Waals surface area (Å²) in [4.78, 5) is 29.6. The highest BCUT2D eigenvalue weighted by Gasteiger charge is 2.34. The number of urea groups is 1. The molecule has 3 N–H and O–H groups in total. The number of pyridine rings is 1. The number of likely N-dealkylation sites (N-methyl/N-ethyl adjacent to an activating group) is 1. The lowest BCUT2D eigenvalue weighted by molar-refractivity contribution is -0.139. The van der Waals surface area contributed by atoms with Crippen molar-refractivity contribution in [3.8, 4) is 5.75 Å². The van der Waals surface area contributed by atoms with E-state index in [1.165, 1.54) is 0 Å². The number of carbonyl (C=O) groups excluding carboxylic acids is 1. The Hall–Kier alpha value is -2.87. The topological polar surface area (TPSA) is 104 Å². The number of fused-ring (bicyclic) bond motifs is 1. The highest BCUT2D eigenvalue weighted by molar-refractivity contribution is 6.01. The maximum atomic E-state index is 12.4. The molecule has 3 rings (SSSR count). The van der Waals surface area contributed by atoms with Crippen molar-refractivity contribution in [2.45, 2.75) is 38.8 Å². The number of carboxylic acids is 1. The van der Waals surface area contributed by atoms with Crippen molar-refractivity contribution in [2.75, 3.05) is 25.0 Å². The van der Waals surface area contributed by atoms with Gasteiger partial charge in [-0.3, -0.25) is 14.7 Å². The quantitative estimate of drug-likeness (QED) is 0.644. The van der Waals surface area contributed by atoms with E-state index in [4.69, 9.17) is 9.84 Å². The van der Waals surface area contributed by atoms with Gasteiger partial charge in [0.15, 0.2) is 0 Å². The third-order valence-electron chi connectivity index (χ3n) is 4.99. The van der Waals surface area contributed by atoms with Crippen molar-refractivity contribution in [2.24, 2.45) is 0 Å². The minimum atomic E-state index is -0.828. The van der Waals surface area contributed by atoms with E-state index in [1.807, 2.05) is 36.9 Å². The first kappa shape index (κ1) is 19.9. The average molecular weight is 386 g/mol. The first-order chi connectivity index (χ1) is 13.5. The summed E-state index contributed by atoms with van der Waals surface area (Å²) >= 11 is 0. The highest BCUT2D eigenvalue weighted by Crippen LogP contribution is 2.30. The van der Waals surface area contributed by atoms with Crippen LogP contribution in [0.15, 0.2) is 30.5 Å². The van der Waals surface area contributed by atoms with Crippen LogP contribution in [0.4, 0.5) is 10.5 Å². The van der Waals surface area contributed by atoms with Crippen molar-refractivity contribution in [3.05, 3.63) is 30.5 Å². The van der Waals surface area contributed by atoms with Crippen LogP contribution in [0.3, 0.4) is 0 Å². The highest BCUT2D eigenvalue weighted by atomic mass is 16.5. The van der Waals surface area contributed by atoms with Gasteiger partial charge in [-0.2, -0.15) is 0 Å². The van der Waals surface area contributed by atoms with Crippen LogP contribution in [0.1, 0.15) is 26.7 Å². The number of nitrogens with zero attached hydrogens (tertiary/aromatic N) is 2. The Kier molecular flexibility index (Phi) is 6.30. The Bertz CT molecular complexity index is 851. The molecule has 2 amide bonds. The molecular formula is C20H26N4O4. The minimum absolute atomic E-state index is 0.0317. The zero-order valence-electron chi connectivity index (χ0n) is 16.1. The van der Waals surface area contributed by atoms with Crippen molar-refractivity contribution in [1.29, 1.82) is 0 Å². The largest absolute Gasteiger partial charge is 0.493 e. The van der Waals surface area contributed by atoms with E-state index in [0.717, 1.165) is 24.0 Å². The van der Waals surface area contributed by atoms with E-state index in [2.05, 4.69) is 15.6 Å². The van der Waals surface area contributed by atoms with E-state index in [0.29, 0.717) is 24.4 Å². The predicted octanol–water partition coefficient (Wildman–Crippen LogP) is 2.69. The Morgan fingerprint density at radius 1 is 1.29 bits per heavy atom. The van der Waals surface area contributed by atoms with Gasteiger partial charge in [0, 0.05) is 23.7 Å². The van der Waals surface area contributed by atoms with Crippen molar-refractivity contribution >= 4 is 28.6 Å². The van der Waals surface area contributed by atoms with Gasteiger partial charge in [0.05, 0.1) is 24.4 Å². The smallest absolute Gasteiger partial charge is 0.319 e. The molecule has 1 heterocycles. The summed E-state index contributed by atoms with van der Waals surface area (Å²) < 4.78 is 5.63. The maximum absolute atomic E-state index is 12.4. The van der Waals surface area contributed by atoms with Gasteiger partial charge in [-0.25, -0.2) is 4.79 Å². The lowest BCUT2D eigenvalue weighted by atomic mass is 9.85. The number of rotatable bonds is 8. The minimum Gasteiger partial charge on any atom is -0.493 e. The van der Waals surface area contributed by atoms with Gasteiger partial charge < -0.3 is 20.5 Å². The number of benzene rings is 1. The van der Waals surface area contributed by atoms with Crippen LogP contribution in [-0.4, -0.2) is 58.8 Å².